The van der Waals surface area contributed by atoms with Crippen LogP contribution in [0, 0.1) is 5.92 Å². The average Bonchev–Trinajstić information content (AvgIpc) is 2.85. The average molecular weight is 294 g/mol. The molecule has 2 unspecified atom stereocenters. The molecule has 0 radical (unpaired) electrons. The maximum absolute atomic E-state index is 6.13. The summed E-state index contributed by atoms with van der Waals surface area (Å²) in [6.45, 7) is 11.5. The van der Waals surface area contributed by atoms with Crippen molar-refractivity contribution in [3.63, 3.8) is 0 Å². The monoisotopic (exact) mass is 294 g/mol. The topological polar surface area (TPSA) is 52.0 Å². The zero-order valence-electron chi connectivity index (χ0n) is 13.9. The van der Waals surface area contributed by atoms with Gasteiger partial charge >= 0.3 is 0 Å². The normalized spacial score (nSPS) is 24.4. The highest BCUT2D eigenvalue weighted by molar-refractivity contribution is 4.99. The quantitative estimate of drug-likeness (QED) is 0.839. The summed E-state index contributed by atoms with van der Waals surface area (Å²) < 4.78 is 8.17. The van der Waals surface area contributed by atoms with Crippen LogP contribution in [0.3, 0.4) is 0 Å². The molecule has 5 heteroatoms. The van der Waals surface area contributed by atoms with Crippen LogP contribution >= 0.6 is 0 Å². The lowest BCUT2D eigenvalue weighted by atomic mass is 9.86. The summed E-state index contributed by atoms with van der Waals surface area (Å²) in [4.78, 5) is 4.47. The van der Waals surface area contributed by atoms with Crippen molar-refractivity contribution in [2.45, 2.75) is 71.6 Å². The first-order valence-corrected chi connectivity index (χ1v) is 8.29. The SMILES string of the molecule is CCNC(Cc1ncnn1CC(C)C)C1(C)CCCCO1. The van der Waals surface area contributed by atoms with E-state index in [1.54, 1.807) is 6.33 Å². The van der Waals surface area contributed by atoms with Crippen LogP contribution in [0.5, 0.6) is 0 Å². The van der Waals surface area contributed by atoms with E-state index >= 15 is 0 Å². The number of nitrogens with one attached hydrogen (secondary N) is 1. The van der Waals surface area contributed by atoms with Crippen molar-refractivity contribution >= 4 is 0 Å². The van der Waals surface area contributed by atoms with Crippen molar-refractivity contribution in [1.82, 2.24) is 20.1 Å². The van der Waals surface area contributed by atoms with Crippen LogP contribution in [-0.4, -0.2) is 39.6 Å². The number of ether oxygens (including phenoxy) is 1. The van der Waals surface area contributed by atoms with Gasteiger partial charge in [0.1, 0.15) is 12.2 Å². The fourth-order valence-electron chi connectivity index (χ4n) is 3.11. The molecule has 0 amide bonds. The summed E-state index contributed by atoms with van der Waals surface area (Å²) in [7, 11) is 0. The summed E-state index contributed by atoms with van der Waals surface area (Å²) in [5.74, 6) is 1.63. The van der Waals surface area contributed by atoms with Crippen molar-refractivity contribution in [2.75, 3.05) is 13.2 Å². The molecule has 1 aliphatic rings. The summed E-state index contributed by atoms with van der Waals surface area (Å²) in [6, 6.07) is 0.290. The molecular weight excluding hydrogens is 264 g/mol. The minimum Gasteiger partial charge on any atom is -0.374 e. The van der Waals surface area contributed by atoms with E-state index in [-0.39, 0.29) is 11.6 Å². The lowest BCUT2D eigenvalue weighted by Gasteiger charge is -2.41. The smallest absolute Gasteiger partial charge is 0.138 e. The van der Waals surface area contributed by atoms with Crippen molar-refractivity contribution in [1.29, 1.82) is 0 Å². The molecule has 0 aliphatic carbocycles. The van der Waals surface area contributed by atoms with Gasteiger partial charge in [0.15, 0.2) is 0 Å². The molecule has 2 heterocycles. The summed E-state index contributed by atoms with van der Waals surface area (Å²) in [6.07, 6.45) is 6.08. The number of hydrogen-bond donors (Lipinski definition) is 1. The molecular formula is C16H30N4O. The molecule has 1 saturated heterocycles. The molecule has 0 bridgehead atoms. The molecule has 1 aromatic heterocycles. The van der Waals surface area contributed by atoms with Crippen molar-refractivity contribution in [2.24, 2.45) is 5.92 Å². The van der Waals surface area contributed by atoms with Gasteiger partial charge in [0.05, 0.1) is 5.60 Å². The zero-order chi connectivity index (χ0) is 15.3. The highest BCUT2D eigenvalue weighted by Gasteiger charge is 2.37. The van der Waals surface area contributed by atoms with Gasteiger partial charge in [-0.25, -0.2) is 9.67 Å². The molecule has 0 spiro atoms. The number of nitrogens with zero attached hydrogens (tertiary/aromatic N) is 3. The summed E-state index contributed by atoms with van der Waals surface area (Å²) in [5.41, 5.74) is -0.0944. The van der Waals surface area contributed by atoms with Crippen LogP contribution in [0.2, 0.25) is 0 Å². The van der Waals surface area contributed by atoms with Gasteiger partial charge in [-0.3, -0.25) is 0 Å². The molecule has 1 N–H and O–H groups in total. The first-order valence-electron chi connectivity index (χ1n) is 8.29. The standard InChI is InChI=1S/C16H30N4O/c1-5-17-14(16(4)8-6-7-9-21-16)10-15-18-12-19-20(15)11-13(2)3/h12-14,17H,5-11H2,1-4H3. The van der Waals surface area contributed by atoms with Gasteiger partial charge in [0, 0.05) is 25.6 Å². The Bertz CT molecular complexity index is 424. The molecule has 2 rings (SSSR count). The molecule has 1 aromatic rings. The van der Waals surface area contributed by atoms with Crippen LogP contribution in [0.4, 0.5) is 0 Å². The Hall–Kier alpha value is -0.940. The van der Waals surface area contributed by atoms with Crippen LogP contribution in [-0.2, 0) is 17.7 Å². The van der Waals surface area contributed by atoms with Gasteiger partial charge in [-0.2, -0.15) is 5.10 Å². The predicted octanol–water partition coefficient (Wildman–Crippen LogP) is 2.41. The summed E-state index contributed by atoms with van der Waals surface area (Å²) >= 11 is 0. The van der Waals surface area contributed by atoms with Gasteiger partial charge < -0.3 is 10.1 Å². The third-order valence-corrected chi connectivity index (χ3v) is 4.31. The first-order chi connectivity index (χ1) is 10.0. The van der Waals surface area contributed by atoms with E-state index in [1.165, 1.54) is 12.8 Å². The van der Waals surface area contributed by atoms with E-state index in [1.807, 2.05) is 4.68 Å². The van der Waals surface area contributed by atoms with Crippen molar-refractivity contribution in [3.8, 4) is 0 Å². The fraction of sp³-hybridized carbons (Fsp3) is 0.875. The molecule has 5 nitrogen and oxygen atoms in total. The van der Waals surface area contributed by atoms with Gasteiger partial charge in [-0.05, 0) is 38.6 Å². The maximum atomic E-state index is 6.13. The molecule has 21 heavy (non-hydrogen) atoms. The van der Waals surface area contributed by atoms with E-state index in [0.717, 1.165) is 38.4 Å². The Morgan fingerprint density at radius 3 is 2.86 bits per heavy atom. The maximum Gasteiger partial charge on any atom is 0.138 e. The number of hydrogen-bond acceptors (Lipinski definition) is 4. The number of aromatic nitrogens is 3. The first kappa shape index (κ1) is 16.4. The second-order valence-electron chi connectivity index (χ2n) is 6.68. The number of rotatable bonds is 7. The van der Waals surface area contributed by atoms with E-state index in [9.17, 15) is 0 Å². The Kier molecular flexibility index (Phi) is 5.76. The fourth-order valence-corrected chi connectivity index (χ4v) is 3.11. The molecule has 1 fully saturated rings. The van der Waals surface area contributed by atoms with Gasteiger partial charge in [-0.15, -0.1) is 0 Å². The molecule has 120 valence electrons. The molecule has 0 saturated carbocycles. The summed E-state index contributed by atoms with van der Waals surface area (Å²) in [5, 5.41) is 7.98. The second-order valence-corrected chi connectivity index (χ2v) is 6.68. The van der Waals surface area contributed by atoms with Crippen LogP contribution in [0.25, 0.3) is 0 Å². The van der Waals surface area contributed by atoms with Crippen molar-refractivity contribution < 1.29 is 4.74 Å². The van der Waals surface area contributed by atoms with E-state index < -0.39 is 0 Å². The molecule has 2 atom stereocenters. The Morgan fingerprint density at radius 2 is 2.24 bits per heavy atom. The Morgan fingerprint density at radius 1 is 1.43 bits per heavy atom. The van der Waals surface area contributed by atoms with E-state index in [2.05, 4.69) is 43.1 Å². The minimum absolute atomic E-state index is 0.0944. The van der Waals surface area contributed by atoms with Gasteiger partial charge in [-0.1, -0.05) is 20.8 Å². The highest BCUT2D eigenvalue weighted by atomic mass is 16.5. The molecule has 0 aromatic carbocycles. The Labute approximate surface area is 128 Å². The highest BCUT2D eigenvalue weighted by Crippen LogP contribution is 2.29. The minimum atomic E-state index is -0.0944. The molecule has 1 aliphatic heterocycles. The predicted molar refractivity (Wildman–Crippen MR) is 84.2 cm³/mol. The van der Waals surface area contributed by atoms with Crippen LogP contribution < -0.4 is 5.32 Å². The third kappa shape index (κ3) is 4.27. The second kappa shape index (κ2) is 7.36. The van der Waals surface area contributed by atoms with E-state index in [4.69, 9.17) is 4.74 Å². The Balaban J connectivity index is 2.10. The van der Waals surface area contributed by atoms with Crippen LogP contribution in [0.1, 0.15) is 52.8 Å². The van der Waals surface area contributed by atoms with Crippen molar-refractivity contribution in [3.05, 3.63) is 12.2 Å². The zero-order valence-corrected chi connectivity index (χ0v) is 13.9. The van der Waals surface area contributed by atoms with Crippen LogP contribution in [0.15, 0.2) is 6.33 Å². The third-order valence-electron chi connectivity index (χ3n) is 4.31. The lowest BCUT2D eigenvalue weighted by molar-refractivity contribution is -0.0886. The largest absolute Gasteiger partial charge is 0.374 e. The van der Waals surface area contributed by atoms with E-state index in [0.29, 0.717) is 5.92 Å². The lowest BCUT2D eigenvalue weighted by Crippen LogP contribution is -2.53. The van der Waals surface area contributed by atoms with Gasteiger partial charge in [0.2, 0.25) is 0 Å². The number of likely N-dealkylation sites (N-methyl/N-ethyl adjacent to an activating group) is 1. The van der Waals surface area contributed by atoms with Gasteiger partial charge in [0.25, 0.3) is 0 Å².